The third-order valence-corrected chi connectivity index (χ3v) is 3.16. The lowest BCUT2D eigenvalue weighted by Crippen LogP contribution is -2.30. The Labute approximate surface area is 117 Å². The van der Waals surface area contributed by atoms with E-state index in [1.54, 1.807) is 6.92 Å². The van der Waals surface area contributed by atoms with Crippen molar-refractivity contribution in [3.63, 3.8) is 0 Å². The molecule has 0 aromatic carbocycles. The highest BCUT2D eigenvalue weighted by Gasteiger charge is 2.29. The molecule has 0 bridgehead atoms. The summed E-state index contributed by atoms with van der Waals surface area (Å²) >= 11 is 1.16. The second-order valence-corrected chi connectivity index (χ2v) is 5.66. The molecule has 2 unspecified atom stereocenters. The minimum absolute atomic E-state index is 0.0291. The molecule has 2 radical (unpaired) electrons. The van der Waals surface area contributed by atoms with Crippen LogP contribution in [0.3, 0.4) is 0 Å². The summed E-state index contributed by atoms with van der Waals surface area (Å²) in [5.74, 6) is -0.218. The lowest BCUT2D eigenvalue weighted by molar-refractivity contribution is -0.300. The molecule has 0 saturated carbocycles. The van der Waals surface area contributed by atoms with Crippen molar-refractivity contribution < 1.29 is 29.2 Å². The van der Waals surface area contributed by atoms with Crippen LogP contribution in [0.4, 0.5) is 0 Å². The van der Waals surface area contributed by atoms with E-state index in [1.165, 1.54) is 14.0 Å². The molecule has 0 aromatic rings. The molecule has 1 N–H and O–H groups in total. The van der Waals surface area contributed by atoms with Gasteiger partial charge in [0.15, 0.2) is 0 Å². The molecule has 2 atom stereocenters. The molecule has 0 fully saturated rings. The first-order chi connectivity index (χ1) is 8.79. The second kappa shape index (κ2) is 9.30. The number of Topliss-reactive ketones (excluding diaryl/α,β-unsaturated/α-hetero) is 1. The number of ketones is 1. The van der Waals surface area contributed by atoms with Crippen LogP contribution in [-0.2, 0) is 24.1 Å². The number of carbonyl (C=O) groups excluding carboxylic acids is 2. The monoisotopic (exact) mass is 292 g/mol. The lowest BCUT2D eigenvalue weighted by Gasteiger charge is -2.19. The van der Waals surface area contributed by atoms with Gasteiger partial charge >= 0.3 is 5.97 Å². The number of ether oxygens (including phenoxy) is 1. The van der Waals surface area contributed by atoms with Crippen LogP contribution < -0.4 is 0 Å². The van der Waals surface area contributed by atoms with Crippen LogP contribution in [-0.4, -0.2) is 53.8 Å². The largest absolute Gasteiger partial charge is 0.468 e. The summed E-state index contributed by atoms with van der Waals surface area (Å²) in [5, 5.41) is 9.30. The Morgan fingerprint density at radius 1 is 1.42 bits per heavy atom. The Bertz CT molecular complexity index is 292. The number of methoxy groups -OCH3 is 1. The van der Waals surface area contributed by atoms with E-state index in [1.807, 2.05) is 0 Å². The topological polar surface area (TPSA) is 82.1 Å². The van der Waals surface area contributed by atoms with Gasteiger partial charge in [-0.2, -0.15) is 0 Å². The van der Waals surface area contributed by atoms with Gasteiger partial charge in [-0.15, -0.1) is 11.8 Å². The van der Waals surface area contributed by atoms with Crippen molar-refractivity contribution in [1.82, 2.24) is 0 Å². The van der Waals surface area contributed by atoms with Crippen molar-refractivity contribution in [3.05, 3.63) is 6.92 Å². The summed E-state index contributed by atoms with van der Waals surface area (Å²) in [6, 6.07) is 0. The van der Waals surface area contributed by atoms with Gasteiger partial charge in [-0.1, -0.05) is 0 Å². The van der Waals surface area contributed by atoms with Crippen LogP contribution in [0.5, 0.6) is 0 Å². The van der Waals surface area contributed by atoms with E-state index in [2.05, 4.69) is 4.74 Å². The Morgan fingerprint density at radius 3 is 2.58 bits per heavy atom. The van der Waals surface area contributed by atoms with Crippen LogP contribution >= 0.6 is 11.8 Å². The van der Waals surface area contributed by atoms with Crippen LogP contribution in [0.15, 0.2) is 0 Å². The minimum atomic E-state index is -1.13. The zero-order valence-electron chi connectivity index (χ0n) is 11.4. The first kappa shape index (κ1) is 18.4. The van der Waals surface area contributed by atoms with Crippen molar-refractivity contribution in [1.29, 1.82) is 0 Å². The number of aliphatic hydroxyl groups excluding tert-OH is 1. The maximum absolute atomic E-state index is 11.2. The zero-order valence-corrected chi connectivity index (χ0v) is 12.2. The first-order valence-electron chi connectivity index (χ1n) is 5.72. The number of aliphatic hydroxyl groups is 1. The highest BCUT2D eigenvalue weighted by molar-refractivity contribution is 8.01. The number of thioether (sulfide) groups is 1. The van der Waals surface area contributed by atoms with Crippen LogP contribution in [0.25, 0.3) is 0 Å². The molecule has 0 saturated heterocycles. The van der Waals surface area contributed by atoms with Crippen molar-refractivity contribution in [3.8, 4) is 0 Å². The van der Waals surface area contributed by atoms with Gasteiger partial charge in [0.1, 0.15) is 17.1 Å². The maximum Gasteiger partial charge on any atom is 0.321 e. The normalized spacial score (nSPS) is 13.1. The minimum Gasteiger partial charge on any atom is -0.468 e. The molecule has 0 rings (SSSR count). The van der Waals surface area contributed by atoms with Crippen LogP contribution in [0.2, 0.25) is 0 Å². The van der Waals surface area contributed by atoms with Gasteiger partial charge in [0.25, 0.3) is 0 Å². The van der Waals surface area contributed by atoms with Gasteiger partial charge in [-0.3, -0.25) is 9.59 Å². The van der Waals surface area contributed by atoms with Crippen molar-refractivity contribution >= 4 is 23.5 Å². The predicted molar refractivity (Wildman–Crippen MR) is 70.4 cm³/mol. The van der Waals surface area contributed by atoms with E-state index in [-0.39, 0.29) is 25.4 Å². The molecule has 0 aliphatic heterocycles. The average molecular weight is 292 g/mol. The number of rotatable bonds is 10. The predicted octanol–water partition coefficient (Wildman–Crippen LogP) is 0.651. The molecule has 0 aliphatic rings. The SMILES string of the molecule is [CH]C(C)(SCCOOCC(O)CC(C)=O)C(=O)OC. The summed E-state index contributed by atoms with van der Waals surface area (Å²) < 4.78 is 3.41. The Hall–Kier alpha value is -0.630. The Balaban J connectivity index is 3.60. The third kappa shape index (κ3) is 8.99. The molecule has 110 valence electrons. The van der Waals surface area contributed by atoms with Crippen LogP contribution in [0.1, 0.15) is 20.3 Å². The number of hydrogen-bond acceptors (Lipinski definition) is 7. The standard InChI is InChI=1S/C12H20O6S/c1-9(13)7-10(14)8-18-17-5-6-19-12(2,3)11(15)16-4/h2,10,14H,5-8H2,1,3-4H3. The highest BCUT2D eigenvalue weighted by atomic mass is 32.2. The summed E-state index contributed by atoms with van der Waals surface area (Å²) in [6.07, 6.45) is -0.846. The third-order valence-electron chi connectivity index (χ3n) is 2.03. The summed E-state index contributed by atoms with van der Waals surface area (Å²) in [4.78, 5) is 31.4. The fourth-order valence-corrected chi connectivity index (χ4v) is 1.90. The van der Waals surface area contributed by atoms with Crippen LogP contribution in [0, 0.1) is 6.92 Å². The molecule has 7 heteroatoms. The molecule has 0 heterocycles. The number of hydrogen-bond donors (Lipinski definition) is 1. The molecular weight excluding hydrogens is 272 g/mol. The van der Waals surface area contributed by atoms with Gasteiger partial charge in [-0.25, -0.2) is 9.78 Å². The van der Waals surface area contributed by atoms with Gasteiger partial charge in [-0.05, 0) is 20.8 Å². The quantitative estimate of drug-likeness (QED) is 0.274. The van der Waals surface area contributed by atoms with E-state index in [0.29, 0.717) is 5.75 Å². The highest BCUT2D eigenvalue weighted by Crippen LogP contribution is 2.24. The molecule has 6 nitrogen and oxygen atoms in total. The Kier molecular flexibility index (Phi) is 8.99. The molecular formula is C12H20O6S. The molecule has 0 aliphatic carbocycles. The second-order valence-electron chi connectivity index (χ2n) is 4.11. The zero-order chi connectivity index (χ0) is 14.9. The number of carbonyl (C=O) groups is 2. The number of esters is 1. The van der Waals surface area contributed by atoms with E-state index < -0.39 is 16.8 Å². The lowest BCUT2D eigenvalue weighted by atomic mass is 10.2. The molecule has 19 heavy (non-hydrogen) atoms. The first-order valence-corrected chi connectivity index (χ1v) is 6.71. The fraction of sp³-hybridized carbons (Fsp3) is 0.750. The van der Waals surface area contributed by atoms with Gasteiger partial charge in [0.2, 0.25) is 0 Å². The molecule has 0 amide bonds. The van der Waals surface area contributed by atoms with Gasteiger partial charge in [0, 0.05) is 12.2 Å². The van der Waals surface area contributed by atoms with Crippen molar-refractivity contribution in [2.24, 2.45) is 0 Å². The van der Waals surface area contributed by atoms with E-state index in [4.69, 9.17) is 16.7 Å². The summed E-state index contributed by atoms with van der Waals surface area (Å²) in [6.45, 7) is 8.74. The molecule has 0 spiro atoms. The smallest absolute Gasteiger partial charge is 0.321 e. The van der Waals surface area contributed by atoms with Crippen molar-refractivity contribution in [2.75, 3.05) is 26.1 Å². The van der Waals surface area contributed by atoms with E-state index in [9.17, 15) is 14.7 Å². The molecule has 0 aromatic heterocycles. The van der Waals surface area contributed by atoms with Crippen molar-refractivity contribution in [2.45, 2.75) is 31.1 Å². The van der Waals surface area contributed by atoms with E-state index in [0.717, 1.165) is 11.8 Å². The van der Waals surface area contributed by atoms with Gasteiger partial charge in [0.05, 0.1) is 19.8 Å². The summed E-state index contributed by atoms with van der Waals surface area (Å²) in [5.41, 5.74) is 0. The average Bonchev–Trinajstić information content (AvgIpc) is 2.31. The Morgan fingerprint density at radius 2 is 2.05 bits per heavy atom. The maximum atomic E-state index is 11.2. The van der Waals surface area contributed by atoms with E-state index >= 15 is 0 Å². The fourth-order valence-electron chi connectivity index (χ4n) is 1.13. The summed E-state index contributed by atoms with van der Waals surface area (Å²) in [7, 11) is 1.27. The van der Waals surface area contributed by atoms with Gasteiger partial charge < -0.3 is 9.84 Å².